The van der Waals surface area contributed by atoms with Gasteiger partial charge >= 0.3 is 0 Å². The molecule has 0 saturated heterocycles. The van der Waals surface area contributed by atoms with E-state index in [0.29, 0.717) is 0 Å². The van der Waals surface area contributed by atoms with Crippen LogP contribution in [0.2, 0.25) is 0 Å². The lowest BCUT2D eigenvalue weighted by Crippen LogP contribution is -1.99. The number of hydrogen-bond acceptors (Lipinski definition) is 0. The van der Waals surface area contributed by atoms with E-state index >= 15 is 0 Å². The van der Waals surface area contributed by atoms with Crippen molar-refractivity contribution in [1.29, 1.82) is 0 Å². The predicted octanol–water partition coefficient (Wildman–Crippen LogP) is 9.67. The highest BCUT2D eigenvalue weighted by Crippen LogP contribution is 2.51. The van der Waals surface area contributed by atoms with Gasteiger partial charge in [0.25, 0.3) is 0 Å². The zero-order valence-corrected chi connectivity index (χ0v) is 21.0. The summed E-state index contributed by atoms with van der Waals surface area (Å²) < 4.78 is 0. The van der Waals surface area contributed by atoms with E-state index in [9.17, 15) is 0 Å². The van der Waals surface area contributed by atoms with Gasteiger partial charge in [-0.3, -0.25) is 0 Å². The van der Waals surface area contributed by atoms with Crippen molar-refractivity contribution in [2.24, 2.45) is 0 Å². The zero-order valence-electron chi connectivity index (χ0n) is 21.0. The highest BCUT2D eigenvalue weighted by Gasteiger charge is 2.31. The molecule has 2 unspecified atom stereocenters. The van der Waals surface area contributed by atoms with E-state index in [0.717, 1.165) is 0 Å². The molecule has 6 aromatic carbocycles. The first-order valence-corrected chi connectivity index (χ1v) is 13.4. The van der Waals surface area contributed by atoms with Crippen LogP contribution in [0.3, 0.4) is 0 Å². The van der Waals surface area contributed by atoms with Gasteiger partial charge in [0.1, 0.15) is 0 Å². The summed E-state index contributed by atoms with van der Waals surface area (Å²) in [5.41, 5.74) is 16.3. The first kappa shape index (κ1) is 21.4. The smallest absolute Gasteiger partial charge is 0.0352 e. The molecule has 0 amide bonds. The molecule has 178 valence electrons. The Morgan fingerprint density at radius 1 is 0.289 bits per heavy atom. The van der Waals surface area contributed by atoms with Crippen LogP contribution in [0.5, 0.6) is 0 Å². The fraction of sp³-hybridized carbons (Fsp3) is 0.0526. The van der Waals surface area contributed by atoms with Crippen molar-refractivity contribution in [3.05, 3.63) is 179 Å². The molecule has 0 N–H and O–H groups in total. The van der Waals surface area contributed by atoms with Crippen molar-refractivity contribution in [2.45, 2.75) is 11.8 Å². The highest BCUT2D eigenvalue weighted by molar-refractivity contribution is 5.87. The minimum absolute atomic E-state index is 0.287. The molecule has 0 radical (unpaired) electrons. The SMILES string of the molecule is c1ccc(C2c3ccccc3-c3cc(-c4ccc5c(c4)-c4ccccc4C5c4ccccc4)ccc32)cc1. The van der Waals surface area contributed by atoms with Crippen LogP contribution in [-0.2, 0) is 0 Å². The summed E-state index contributed by atoms with van der Waals surface area (Å²) in [4.78, 5) is 0. The van der Waals surface area contributed by atoms with Crippen LogP contribution < -0.4 is 0 Å². The Kier molecular flexibility index (Phi) is 4.75. The zero-order chi connectivity index (χ0) is 25.1. The Morgan fingerprint density at radius 2 is 0.658 bits per heavy atom. The van der Waals surface area contributed by atoms with Gasteiger partial charge in [0.15, 0.2) is 0 Å². The molecule has 8 rings (SSSR count). The molecule has 0 nitrogen and oxygen atoms in total. The molecule has 0 aromatic heterocycles. The van der Waals surface area contributed by atoms with Crippen LogP contribution in [-0.4, -0.2) is 0 Å². The van der Waals surface area contributed by atoms with Gasteiger partial charge < -0.3 is 0 Å². The summed E-state index contributed by atoms with van der Waals surface area (Å²) in [5.74, 6) is 0.574. The minimum atomic E-state index is 0.287. The normalized spacial score (nSPS) is 16.4. The molecule has 6 aromatic rings. The van der Waals surface area contributed by atoms with E-state index in [1.807, 2.05) is 0 Å². The maximum absolute atomic E-state index is 2.41. The van der Waals surface area contributed by atoms with Crippen LogP contribution in [0.25, 0.3) is 33.4 Å². The first-order valence-electron chi connectivity index (χ1n) is 13.4. The summed E-state index contributed by atoms with van der Waals surface area (Å²) in [6.45, 7) is 0. The summed E-state index contributed by atoms with van der Waals surface area (Å²) in [7, 11) is 0. The summed E-state index contributed by atoms with van der Waals surface area (Å²) in [6.07, 6.45) is 0. The topological polar surface area (TPSA) is 0 Å². The standard InChI is InChI=1S/C38H26/c1-3-11-25(12-4-1)37-31-17-9-7-15-29(31)35-23-27(19-21-33(35)37)28-20-22-34-36(24-28)30-16-8-10-18-32(30)38(34)26-13-5-2-6-14-26/h1-24,37-38H. The highest BCUT2D eigenvalue weighted by atomic mass is 14.3. The fourth-order valence-corrected chi connectivity index (χ4v) is 6.77. The van der Waals surface area contributed by atoms with Crippen LogP contribution in [0, 0.1) is 0 Å². The monoisotopic (exact) mass is 482 g/mol. The lowest BCUT2D eigenvalue weighted by Gasteiger charge is -2.15. The van der Waals surface area contributed by atoms with Gasteiger partial charge in [0.05, 0.1) is 0 Å². The van der Waals surface area contributed by atoms with E-state index < -0.39 is 0 Å². The van der Waals surface area contributed by atoms with E-state index in [4.69, 9.17) is 0 Å². The maximum Gasteiger partial charge on any atom is 0.0352 e. The Labute approximate surface area is 223 Å². The Bertz CT molecular complexity index is 1670. The van der Waals surface area contributed by atoms with E-state index in [1.54, 1.807) is 0 Å². The summed E-state index contributed by atoms with van der Waals surface area (Å²) >= 11 is 0. The number of benzene rings is 6. The molecule has 0 spiro atoms. The Hall–Kier alpha value is -4.68. The van der Waals surface area contributed by atoms with E-state index in [-0.39, 0.29) is 11.8 Å². The molecule has 2 atom stereocenters. The fourth-order valence-electron chi connectivity index (χ4n) is 6.77. The molecule has 2 aliphatic carbocycles. The molecule has 0 bridgehead atoms. The molecular weight excluding hydrogens is 456 g/mol. The molecule has 0 heteroatoms. The van der Waals surface area contributed by atoms with Crippen LogP contribution in [0.15, 0.2) is 146 Å². The van der Waals surface area contributed by atoms with Gasteiger partial charge in [0.2, 0.25) is 0 Å². The predicted molar refractivity (Wildman–Crippen MR) is 158 cm³/mol. The average molecular weight is 483 g/mol. The second kappa shape index (κ2) is 8.43. The van der Waals surface area contributed by atoms with E-state index in [2.05, 4.69) is 146 Å². The summed E-state index contributed by atoms with van der Waals surface area (Å²) in [5, 5.41) is 0. The summed E-state index contributed by atoms with van der Waals surface area (Å²) in [6, 6.07) is 53.8. The van der Waals surface area contributed by atoms with Crippen molar-refractivity contribution >= 4 is 0 Å². The third-order valence-electron chi connectivity index (χ3n) is 8.45. The number of fused-ring (bicyclic) bond motifs is 6. The van der Waals surface area contributed by atoms with Crippen molar-refractivity contribution in [3.8, 4) is 33.4 Å². The largest absolute Gasteiger partial charge is 0.0622 e. The Morgan fingerprint density at radius 3 is 1.11 bits per heavy atom. The molecule has 38 heavy (non-hydrogen) atoms. The lowest BCUT2D eigenvalue weighted by molar-refractivity contribution is 1.01. The lowest BCUT2D eigenvalue weighted by atomic mass is 9.88. The quantitative estimate of drug-likeness (QED) is 0.235. The molecule has 0 fully saturated rings. The van der Waals surface area contributed by atoms with Crippen LogP contribution in [0.4, 0.5) is 0 Å². The maximum atomic E-state index is 2.41. The van der Waals surface area contributed by atoms with Crippen molar-refractivity contribution in [2.75, 3.05) is 0 Å². The molecule has 0 heterocycles. The molecular formula is C38H26. The Balaban J connectivity index is 1.27. The van der Waals surface area contributed by atoms with Gasteiger partial charge in [-0.15, -0.1) is 0 Å². The number of rotatable bonds is 3. The van der Waals surface area contributed by atoms with Gasteiger partial charge in [-0.2, -0.15) is 0 Å². The van der Waals surface area contributed by atoms with Crippen molar-refractivity contribution in [3.63, 3.8) is 0 Å². The van der Waals surface area contributed by atoms with Crippen molar-refractivity contribution < 1.29 is 0 Å². The average Bonchev–Trinajstić information content (AvgIpc) is 3.50. The van der Waals surface area contributed by atoms with Gasteiger partial charge in [-0.25, -0.2) is 0 Å². The second-order valence-corrected chi connectivity index (χ2v) is 10.5. The van der Waals surface area contributed by atoms with Gasteiger partial charge in [-0.05, 0) is 78.9 Å². The second-order valence-electron chi connectivity index (χ2n) is 10.5. The van der Waals surface area contributed by atoms with Crippen LogP contribution in [0.1, 0.15) is 45.2 Å². The minimum Gasteiger partial charge on any atom is -0.0622 e. The third kappa shape index (κ3) is 3.17. The van der Waals surface area contributed by atoms with Gasteiger partial charge in [-0.1, -0.05) is 133 Å². The first-order chi connectivity index (χ1) is 18.9. The number of hydrogen-bond donors (Lipinski definition) is 0. The molecule has 0 saturated carbocycles. The molecule has 0 aliphatic heterocycles. The molecule has 2 aliphatic rings. The van der Waals surface area contributed by atoms with Crippen LogP contribution >= 0.6 is 0 Å². The third-order valence-corrected chi connectivity index (χ3v) is 8.45. The van der Waals surface area contributed by atoms with Crippen molar-refractivity contribution in [1.82, 2.24) is 0 Å². The van der Waals surface area contributed by atoms with E-state index in [1.165, 1.54) is 66.8 Å². The van der Waals surface area contributed by atoms with Gasteiger partial charge in [0, 0.05) is 11.8 Å².